The van der Waals surface area contributed by atoms with Crippen molar-refractivity contribution in [1.82, 2.24) is 15.6 Å². The van der Waals surface area contributed by atoms with Crippen LogP contribution in [0.5, 0.6) is 0 Å². The number of nitrogens with one attached hydrogen (secondary N) is 2. The Morgan fingerprint density at radius 3 is 2.79 bits per heavy atom. The maximum Gasteiger partial charge on any atom is 0.261 e. The number of aromatic nitrogens is 1. The molecule has 0 aromatic carbocycles. The number of ether oxygens (including phenoxy) is 1. The number of amides is 1. The van der Waals surface area contributed by atoms with Crippen molar-refractivity contribution in [3.63, 3.8) is 0 Å². The number of hydrogen-bond donors (Lipinski definition) is 2. The number of carbonyl (C=O) groups excluding carboxylic acids is 1. The summed E-state index contributed by atoms with van der Waals surface area (Å²) in [6, 6.07) is 1.95. The summed E-state index contributed by atoms with van der Waals surface area (Å²) in [5, 5.41) is 7.45. The fourth-order valence-corrected chi connectivity index (χ4v) is 5.07. The van der Waals surface area contributed by atoms with Crippen molar-refractivity contribution in [3.05, 3.63) is 10.9 Å². The zero-order valence-electron chi connectivity index (χ0n) is 14.3. The molecule has 3 rings (SSSR count). The maximum absolute atomic E-state index is 12.5. The molecular weight excluding hydrogens is 344 g/mol. The molecule has 0 aliphatic carbocycles. The molecule has 0 radical (unpaired) electrons. The third-order valence-corrected chi connectivity index (χ3v) is 6.75. The van der Waals surface area contributed by atoms with Gasteiger partial charge in [-0.25, -0.2) is 4.98 Å². The van der Waals surface area contributed by atoms with Crippen molar-refractivity contribution in [2.75, 3.05) is 52.3 Å². The molecule has 8 heteroatoms. The molecule has 1 amide bonds. The number of hydrogen-bond acceptors (Lipinski definition) is 7. The highest BCUT2D eigenvalue weighted by atomic mass is 32.1. The van der Waals surface area contributed by atoms with Crippen LogP contribution in [0.15, 0.2) is 6.07 Å². The molecule has 0 unspecified atom stereocenters. The van der Waals surface area contributed by atoms with E-state index in [0.717, 1.165) is 45.5 Å². The molecule has 132 valence electrons. The van der Waals surface area contributed by atoms with E-state index >= 15 is 0 Å². The summed E-state index contributed by atoms with van der Waals surface area (Å²) >= 11 is 3.07. The largest absolute Gasteiger partial charge is 0.384 e. The first kappa shape index (κ1) is 17.6. The summed E-state index contributed by atoms with van der Waals surface area (Å²) in [4.78, 5) is 20.7. The van der Waals surface area contributed by atoms with Gasteiger partial charge in [-0.05, 0) is 32.0 Å². The number of methoxy groups -OCH3 is 1. The molecule has 24 heavy (non-hydrogen) atoms. The average Bonchev–Trinajstić information content (AvgIpc) is 3.13. The van der Waals surface area contributed by atoms with Gasteiger partial charge < -0.3 is 20.3 Å². The van der Waals surface area contributed by atoms with Crippen LogP contribution in [0.1, 0.15) is 22.5 Å². The molecule has 1 aliphatic rings. The Balaban J connectivity index is 1.66. The lowest BCUT2D eigenvalue weighted by Gasteiger charge is -2.37. The number of fused-ring (bicyclic) bond motifs is 1. The van der Waals surface area contributed by atoms with Crippen LogP contribution in [0, 0.1) is 5.41 Å². The van der Waals surface area contributed by atoms with Crippen molar-refractivity contribution >= 4 is 43.2 Å². The number of carbonyl (C=O) groups is 1. The minimum Gasteiger partial charge on any atom is -0.384 e. The third kappa shape index (κ3) is 3.72. The van der Waals surface area contributed by atoms with Gasteiger partial charge in [0.1, 0.15) is 4.83 Å². The lowest BCUT2D eigenvalue weighted by Crippen LogP contribution is -2.47. The van der Waals surface area contributed by atoms with E-state index in [1.165, 1.54) is 11.3 Å². The van der Waals surface area contributed by atoms with Gasteiger partial charge in [-0.1, -0.05) is 11.3 Å². The molecule has 2 N–H and O–H groups in total. The molecule has 2 aromatic rings. The maximum atomic E-state index is 12.5. The molecule has 0 saturated carbocycles. The molecule has 0 bridgehead atoms. The highest BCUT2D eigenvalue weighted by Gasteiger charge is 2.32. The van der Waals surface area contributed by atoms with E-state index in [0.29, 0.717) is 13.2 Å². The average molecular weight is 369 g/mol. The van der Waals surface area contributed by atoms with Gasteiger partial charge in [0.25, 0.3) is 5.91 Å². The molecule has 2 aromatic heterocycles. The molecule has 3 heterocycles. The van der Waals surface area contributed by atoms with E-state index in [9.17, 15) is 4.79 Å². The topological polar surface area (TPSA) is 66.5 Å². The fourth-order valence-electron chi connectivity index (χ4n) is 3.02. The predicted molar refractivity (Wildman–Crippen MR) is 101 cm³/mol. The Bertz CT molecular complexity index is 667. The first-order valence-corrected chi connectivity index (χ1v) is 9.72. The Kier molecular flexibility index (Phi) is 5.39. The lowest BCUT2D eigenvalue weighted by atomic mass is 9.79. The second-order valence-electron chi connectivity index (χ2n) is 6.54. The highest BCUT2D eigenvalue weighted by Crippen LogP contribution is 2.34. The minimum absolute atomic E-state index is 0.00869. The van der Waals surface area contributed by atoms with Crippen LogP contribution in [0.4, 0.5) is 5.13 Å². The van der Waals surface area contributed by atoms with Crippen LogP contribution in [-0.4, -0.2) is 58.3 Å². The van der Waals surface area contributed by atoms with E-state index in [1.807, 2.05) is 25.1 Å². The van der Waals surface area contributed by atoms with Gasteiger partial charge in [0.15, 0.2) is 5.13 Å². The van der Waals surface area contributed by atoms with Gasteiger partial charge in [-0.15, -0.1) is 11.3 Å². The van der Waals surface area contributed by atoms with Crippen LogP contribution in [0.2, 0.25) is 0 Å². The van der Waals surface area contributed by atoms with Crippen molar-refractivity contribution in [2.24, 2.45) is 5.41 Å². The van der Waals surface area contributed by atoms with Crippen molar-refractivity contribution in [1.29, 1.82) is 0 Å². The summed E-state index contributed by atoms with van der Waals surface area (Å²) in [5.41, 5.74) is 0.0423. The zero-order chi connectivity index (χ0) is 17.2. The summed E-state index contributed by atoms with van der Waals surface area (Å²) in [6.07, 6.45) is 2.04. The van der Waals surface area contributed by atoms with Crippen LogP contribution >= 0.6 is 22.7 Å². The van der Waals surface area contributed by atoms with Crippen molar-refractivity contribution < 1.29 is 9.53 Å². The summed E-state index contributed by atoms with van der Waals surface area (Å²) < 4.78 is 6.48. The van der Waals surface area contributed by atoms with E-state index in [1.54, 1.807) is 18.4 Å². The number of nitrogens with zero attached hydrogens (tertiary/aromatic N) is 2. The standard InChI is InChI=1S/C16H24N4O2S2/c1-20(2)15-19-14-12(24-15)8-11(23-14)13(21)18-9-16(10-22-3)4-6-17-7-5-16/h8,17H,4-7,9-10H2,1-3H3,(H,18,21). The van der Waals surface area contributed by atoms with E-state index in [4.69, 9.17) is 4.74 Å². The number of anilines is 1. The molecular formula is C16H24N4O2S2. The monoisotopic (exact) mass is 368 g/mol. The Morgan fingerprint density at radius 2 is 2.17 bits per heavy atom. The molecule has 0 atom stereocenters. The van der Waals surface area contributed by atoms with E-state index < -0.39 is 0 Å². The van der Waals surface area contributed by atoms with Gasteiger partial charge in [0, 0.05) is 33.2 Å². The molecule has 0 spiro atoms. The zero-order valence-corrected chi connectivity index (χ0v) is 16.0. The SMILES string of the molecule is COCC1(CNC(=O)c2cc3sc(N(C)C)nc3s2)CCNCC1. The lowest BCUT2D eigenvalue weighted by molar-refractivity contribution is 0.0512. The summed E-state index contributed by atoms with van der Waals surface area (Å²) in [6.45, 7) is 3.29. The normalized spacial score (nSPS) is 17.1. The molecule has 6 nitrogen and oxygen atoms in total. The van der Waals surface area contributed by atoms with Gasteiger partial charge in [-0.2, -0.15) is 0 Å². The number of piperidine rings is 1. The van der Waals surface area contributed by atoms with Crippen LogP contribution in [-0.2, 0) is 4.74 Å². The fraction of sp³-hybridized carbons (Fsp3) is 0.625. The van der Waals surface area contributed by atoms with Crippen LogP contribution in [0.3, 0.4) is 0 Å². The first-order valence-electron chi connectivity index (χ1n) is 8.09. The van der Waals surface area contributed by atoms with Gasteiger partial charge in [0.2, 0.25) is 0 Å². The predicted octanol–water partition coefficient (Wildman–Crippen LogP) is 2.17. The second-order valence-corrected chi connectivity index (χ2v) is 8.58. The number of thiophene rings is 1. The molecule has 1 aliphatic heterocycles. The Labute approximate surface area is 150 Å². The summed E-state index contributed by atoms with van der Waals surface area (Å²) in [5.74, 6) is -0.00869. The summed E-state index contributed by atoms with van der Waals surface area (Å²) in [7, 11) is 5.68. The van der Waals surface area contributed by atoms with Gasteiger partial charge in [0.05, 0.1) is 16.2 Å². The Morgan fingerprint density at radius 1 is 1.42 bits per heavy atom. The van der Waals surface area contributed by atoms with Gasteiger partial charge in [-0.3, -0.25) is 4.79 Å². The Hall–Kier alpha value is -1.22. The molecule has 1 fully saturated rings. The quantitative estimate of drug-likeness (QED) is 0.818. The van der Waals surface area contributed by atoms with Crippen molar-refractivity contribution in [3.8, 4) is 0 Å². The smallest absolute Gasteiger partial charge is 0.261 e. The minimum atomic E-state index is -0.00869. The highest BCUT2D eigenvalue weighted by molar-refractivity contribution is 7.29. The van der Waals surface area contributed by atoms with Gasteiger partial charge >= 0.3 is 0 Å². The first-order chi connectivity index (χ1) is 11.5. The van der Waals surface area contributed by atoms with Crippen LogP contribution in [0.25, 0.3) is 9.53 Å². The van der Waals surface area contributed by atoms with Crippen LogP contribution < -0.4 is 15.5 Å². The molecule has 1 saturated heterocycles. The van der Waals surface area contributed by atoms with E-state index in [2.05, 4.69) is 15.6 Å². The van der Waals surface area contributed by atoms with Crippen molar-refractivity contribution in [2.45, 2.75) is 12.8 Å². The number of thiazole rings is 1. The third-order valence-electron chi connectivity index (χ3n) is 4.42. The number of rotatable bonds is 6. The van der Waals surface area contributed by atoms with E-state index in [-0.39, 0.29) is 11.3 Å². The second kappa shape index (κ2) is 7.35.